The van der Waals surface area contributed by atoms with Crippen LogP contribution in [0.25, 0.3) is 0 Å². The third-order valence-corrected chi connectivity index (χ3v) is 3.75. The van der Waals surface area contributed by atoms with Gasteiger partial charge in [0.1, 0.15) is 12.7 Å². The third kappa shape index (κ3) is 5.39. The van der Waals surface area contributed by atoms with Crippen LogP contribution in [0.3, 0.4) is 0 Å². The minimum absolute atomic E-state index is 0.224. The molecule has 0 radical (unpaired) electrons. The van der Waals surface area contributed by atoms with Crippen molar-refractivity contribution in [3.05, 3.63) is 0 Å². The zero-order chi connectivity index (χ0) is 14.9. The lowest BCUT2D eigenvalue weighted by atomic mass is 10.3. The van der Waals surface area contributed by atoms with E-state index in [2.05, 4.69) is 25.9 Å². The van der Waals surface area contributed by atoms with Crippen LogP contribution in [0.4, 0.5) is 5.82 Å². The van der Waals surface area contributed by atoms with Gasteiger partial charge in [0.25, 0.3) is 5.88 Å². The van der Waals surface area contributed by atoms with E-state index in [0.29, 0.717) is 25.6 Å². The van der Waals surface area contributed by atoms with Crippen molar-refractivity contribution in [2.24, 2.45) is 0 Å². The maximum absolute atomic E-state index is 9.88. The molecule has 2 N–H and O–H groups in total. The largest absolute Gasteiger partial charge is 0.472 e. The normalized spacial score (nSPS) is 17.0. The lowest BCUT2D eigenvalue weighted by molar-refractivity contribution is 0.103. The number of nitrogens with one attached hydrogen (secondary N) is 1. The number of morpholine rings is 1. The highest BCUT2D eigenvalue weighted by molar-refractivity contribution is 6.99. The summed E-state index contributed by atoms with van der Waals surface area (Å²) in [5.74, 6) is 1.27. The van der Waals surface area contributed by atoms with Crippen LogP contribution < -0.4 is 15.0 Å². The highest BCUT2D eigenvalue weighted by Gasteiger charge is 2.20. The van der Waals surface area contributed by atoms with Crippen molar-refractivity contribution in [2.75, 3.05) is 50.9 Å². The molecular formula is C13H24N4O3S. The van der Waals surface area contributed by atoms with Gasteiger partial charge in [-0.05, 0) is 13.0 Å². The first-order valence-corrected chi connectivity index (χ1v) is 8.21. The molecule has 120 valence electrons. The molecule has 2 rings (SSSR count). The average molecular weight is 316 g/mol. The van der Waals surface area contributed by atoms with E-state index >= 15 is 0 Å². The molecule has 0 aromatic carbocycles. The third-order valence-electron chi connectivity index (χ3n) is 3.25. The quantitative estimate of drug-likeness (QED) is 0.642. The topological polar surface area (TPSA) is 79.7 Å². The number of hydrogen-bond donors (Lipinski definition) is 2. The zero-order valence-corrected chi connectivity index (χ0v) is 13.3. The van der Waals surface area contributed by atoms with Gasteiger partial charge < -0.3 is 24.8 Å². The smallest absolute Gasteiger partial charge is 0.270 e. The molecule has 1 aromatic heterocycles. The van der Waals surface area contributed by atoms with Gasteiger partial charge in [0, 0.05) is 19.6 Å². The van der Waals surface area contributed by atoms with E-state index in [1.165, 1.54) is 0 Å². The fourth-order valence-electron chi connectivity index (χ4n) is 2.04. The number of aliphatic hydroxyl groups is 1. The monoisotopic (exact) mass is 316 g/mol. The predicted octanol–water partition coefficient (Wildman–Crippen LogP) is 0.504. The van der Waals surface area contributed by atoms with Gasteiger partial charge in [0.15, 0.2) is 0 Å². The predicted molar refractivity (Wildman–Crippen MR) is 82.2 cm³/mol. The summed E-state index contributed by atoms with van der Waals surface area (Å²) in [6.45, 7) is 6.80. The standard InChI is InChI=1S/C13H24N4O3S/c1-2-3-4-14-9-11(18)10-20-13-12(15-21-16-13)17-5-7-19-8-6-17/h11,14,18H,2-10H2,1H3. The fourth-order valence-corrected chi connectivity index (χ4v) is 2.56. The van der Waals surface area contributed by atoms with E-state index in [4.69, 9.17) is 9.47 Å². The first-order valence-electron chi connectivity index (χ1n) is 7.48. The van der Waals surface area contributed by atoms with Gasteiger partial charge in [-0.15, -0.1) is 4.37 Å². The van der Waals surface area contributed by atoms with E-state index in [9.17, 15) is 5.11 Å². The molecule has 0 spiro atoms. The highest BCUT2D eigenvalue weighted by atomic mass is 32.1. The average Bonchev–Trinajstić information content (AvgIpc) is 2.99. The number of unbranched alkanes of at least 4 members (excludes halogenated alkanes) is 1. The summed E-state index contributed by atoms with van der Waals surface area (Å²) in [6, 6.07) is 0. The van der Waals surface area contributed by atoms with Gasteiger partial charge in [-0.2, -0.15) is 4.37 Å². The molecule has 1 aromatic rings. The van der Waals surface area contributed by atoms with Crippen molar-refractivity contribution in [3.63, 3.8) is 0 Å². The number of nitrogens with zero attached hydrogens (tertiary/aromatic N) is 3. The summed E-state index contributed by atoms with van der Waals surface area (Å²) in [4.78, 5) is 2.11. The number of aromatic nitrogens is 2. The molecule has 1 fully saturated rings. The molecule has 0 aliphatic carbocycles. The summed E-state index contributed by atoms with van der Waals surface area (Å²) in [5.41, 5.74) is 0. The Balaban J connectivity index is 1.74. The van der Waals surface area contributed by atoms with E-state index in [0.717, 1.165) is 50.0 Å². The first-order chi connectivity index (χ1) is 10.3. The molecule has 1 unspecified atom stereocenters. The second kappa shape index (κ2) is 9.14. The summed E-state index contributed by atoms with van der Waals surface area (Å²) in [5, 5.41) is 13.1. The molecule has 1 saturated heterocycles. The van der Waals surface area contributed by atoms with Gasteiger partial charge in [0.2, 0.25) is 5.82 Å². The minimum atomic E-state index is -0.541. The van der Waals surface area contributed by atoms with Gasteiger partial charge in [-0.3, -0.25) is 0 Å². The summed E-state index contributed by atoms with van der Waals surface area (Å²) < 4.78 is 19.4. The molecule has 0 amide bonds. The van der Waals surface area contributed by atoms with Crippen LogP contribution >= 0.6 is 11.7 Å². The van der Waals surface area contributed by atoms with Crippen LogP contribution in [-0.4, -0.2) is 66.0 Å². The van der Waals surface area contributed by atoms with Crippen molar-refractivity contribution in [1.29, 1.82) is 0 Å². The van der Waals surface area contributed by atoms with Crippen LogP contribution in [0.1, 0.15) is 19.8 Å². The van der Waals surface area contributed by atoms with E-state index in [1.54, 1.807) is 0 Å². The Bertz CT molecular complexity index is 399. The Kier molecular flexibility index (Phi) is 7.14. The molecule has 7 nitrogen and oxygen atoms in total. The van der Waals surface area contributed by atoms with Crippen molar-refractivity contribution in [3.8, 4) is 5.88 Å². The Morgan fingerprint density at radius 3 is 3.00 bits per heavy atom. The number of ether oxygens (including phenoxy) is 2. The van der Waals surface area contributed by atoms with Crippen LogP contribution in [0, 0.1) is 0 Å². The Morgan fingerprint density at radius 1 is 1.43 bits per heavy atom. The maximum atomic E-state index is 9.88. The molecular weight excluding hydrogens is 292 g/mol. The van der Waals surface area contributed by atoms with E-state index < -0.39 is 6.10 Å². The first kappa shape index (κ1) is 16.4. The molecule has 0 saturated carbocycles. The Morgan fingerprint density at radius 2 is 2.24 bits per heavy atom. The van der Waals surface area contributed by atoms with Crippen molar-refractivity contribution >= 4 is 17.5 Å². The van der Waals surface area contributed by atoms with Crippen LogP contribution in [0.2, 0.25) is 0 Å². The van der Waals surface area contributed by atoms with Crippen LogP contribution in [0.5, 0.6) is 5.88 Å². The number of hydrogen-bond acceptors (Lipinski definition) is 8. The zero-order valence-electron chi connectivity index (χ0n) is 12.5. The van der Waals surface area contributed by atoms with Crippen LogP contribution in [0.15, 0.2) is 0 Å². The molecule has 8 heteroatoms. The van der Waals surface area contributed by atoms with E-state index in [-0.39, 0.29) is 6.61 Å². The molecule has 21 heavy (non-hydrogen) atoms. The molecule has 0 bridgehead atoms. The number of anilines is 1. The lowest BCUT2D eigenvalue weighted by Crippen LogP contribution is -2.37. The van der Waals surface area contributed by atoms with Crippen molar-refractivity contribution < 1.29 is 14.6 Å². The van der Waals surface area contributed by atoms with E-state index in [1.807, 2.05) is 0 Å². The Hall–Kier alpha value is -0.960. The van der Waals surface area contributed by atoms with Gasteiger partial charge in [0.05, 0.1) is 24.9 Å². The van der Waals surface area contributed by atoms with Gasteiger partial charge >= 0.3 is 0 Å². The number of aliphatic hydroxyl groups excluding tert-OH is 1. The molecule has 1 aliphatic rings. The van der Waals surface area contributed by atoms with Crippen molar-refractivity contribution in [2.45, 2.75) is 25.9 Å². The minimum Gasteiger partial charge on any atom is -0.472 e. The maximum Gasteiger partial charge on any atom is 0.270 e. The van der Waals surface area contributed by atoms with Crippen LogP contribution in [-0.2, 0) is 4.74 Å². The second-order valence-electron chi connectivity index (χ2n) is 5.01. The molecule has 1 atom stereocenters. The Labute approximate surface area is 129 Å². The van der Waals surface area contributed by atoms with Gasteiger partial charge in [-0.1, -0.05) is 13.3 Å². The molecule has 1 aliphatic heterocycles. The highest BCUT2D eigenvalue weighted by Crippen LogP contribution is 2.26. The summed E-state index contributed by atoms with van der Waals surface area (Å²) in [6.07, 6.45) is 1.72. The molecule has 2 heterocycles. The fraction of sp³-hybridized carbons (Fsp3) is 0.846. The summed E-state index contributed by atoms with van der Waals surface area (Å²) in [7, 11) is 0. The SMILES string of the molecule is CCCCNCC(O)COc1nsnc1N1CCOCC1. The second-order valence-corrected chi connectivity index (χ2v) is 5.54. The lowest BCUT2D eigenvalue weighted by Gasteiger charge is -2.26. The van der Waals surface area contributed by atoms with Gasteiger partial charge in [-0.25, -0.2) is 0 Å². The summed E-state index contributed by atoms with van der Waals surface area (Å²) >= 11 is 1.13. The van der Waals surface area contributed by atoms with Crippen molar-refractivity contribution in [1.82, 2.24) is 14.1 Å². The number of rotatable bonds is 9.